The Hall–Kier alpha value is -1.65. The summed E-state index contributed by atoms with van der Waals surface area (Å²) in [5.74, 6) is 0.502. The Bertz CT molecular complexity index is 453. The molecule has 0 unspecified atom stereocenters. The molecule has 5 heteroatoms. The van der Waals surface area contributed by atoms with Gasteiger partial charge >= 0.3 is 6.55 Å². The highest BCUT2D eigenvalue weighted by atomic mass is 19.3. The van der Waals surface area contributed by atoms with Crippen LogP contribution >= 0.6 is 0 Å². The number of para-hydroxylation sites is 1. The molecule has 74 valence electrons. The van der Waals surface area contributed by atoms with Crippen LogP contribution in [0.4, 0.5) is 8.78 Å². The highest BCUT2D eigenvalue weighted by Gasteiger charge is 2.12. The monoisotopic (exact) mass is 198 g/mol. The van der Waals surface area contributed by atoms with Gasteiger partial charge in [-0.3, -0.25) is 4.57 Å². The second-order valence-corrected chi connectivity index (χ2v) is 2.76. The minimum absolute atomic E-state index is 0.374. The van der Waals surface area contributed by atoms with Crippen molar-refractivity contribution in [3.63, 3.8) is 0 Å². The average Bonchev–Trinajstić information content (AvgIpc) is 2.60. The molecule has 0 spiro atoms. The summed E-state index contributed by atoms with van der Waals surface area (Å²) in [6, 6.07) is 4.92. The number of fused-ring (bicyclic) bond motifs is 1. The molecule has 0 aliphatic heterocycles. The van der Waals surface area contributed by atoms with Crippen LogP contribution in [0.5, 0.6) is 5.75 Å². The molecule has 0 N–H and O–H groups in total. The lowest BCUT2D eigenvalue weighted by atomic mass is 10.3. The molecule has 3 nitrogen and oxygen atoms in total. The second kappa shape index (κ2) is 3.25. The molecule has 1 heterocycles. The average molecular weight is 198 g/mol. The van der Waals surface area contributed by atoms with Crippen LogP contribution in [-0.2, 0) is 0 Å². The smallest absolute Gasteiger partial charge is 0.320 e. The van der Waals surface area contributed by atoms with Gasteiger partial charge in [-0.1, -0.05) is 6.07 Å². The number of aromatic nitrogens is 2. The van der Waals surface area contributed by atoms with Crippen molar-refractivity contribution in [2.45, 2.75) is 6.55 Å². The number of ether oxygens (including phenoxy) is 1. The van der Waals surface area contributed by atoms with Gasteiger partial charge in [0.2, 0.25) is 0 Å². The van der Waals surface area contributed by atoms with Crippen molar-refractivity contribution >= 4 is 11.0 Å². The van der Waals surface area contributed by atoms with Gasteiger partial charge in [0, 0.05) is 0 Å². The Morgan fingerprint density at radius 2 is 2.21 bits per heavy atom. The predicted octanol–water partition coefficient (Wildman–Crippen LogP) is 2.44. The Morgan fingerprint density at radius 1 is 1.43 bits per heavy atom. The topological polar surface area (TPSA) is 27.1 Å². The molecule has 0 bridgehead atoms. The lowest BCUT2D eigenvalue weighted by molar-refractivity contribution is 0.0746. The van der Waals surface area contributed by atoms with Gasteiger partial charge in [0.25, 0.3) is 0 Å². The molecular weight excluding hydrogens is 190 g/mol. The second-order valence-electron chi connectivity index (χ2n) is 2.76. The minimum Gasteiger partial charge on any atom is -0.494 e. The summed E-state index contributed by atoms with van der Waals surface area (Å²) in [6.45, 7) is -2.58. The van der Waals surface area contributed by atoms with Crippen molar-refractivity contribution in [1.82, 2.24) is 9.55 Å². The van der Waals surface area contributed by atoms with Gasteiger partial charge in [0.15, 0.2) is 0 Å². The van der Waals surface area contributed by atoms with Crippen LogP contribution in [0.2, 0.25) is 0 Å². The first-order valence-corrected chi connectivity index (χ1v) is 4.01. The number of halogens is 2. The maximum atomic E-state index is 12.4. The summed E-state index contributed by atoms with van der Waals surface area (Å²) in [7, 11) is 1.48. The molecular formula is C9H8F2N2O. The van der Waals surface area contributed by atoms with Gasteiger partial charge in [-0.25, -0.2) is 4.98 Å². The van der Waals surface area contributed by atoms with Gasteiger partial charge in [-0.2, -0.15) is 8.78 Å². The Morgan fingerprint density at radius 3 is 2.86 bits per heavy atom. The highest BCUT2D eigenvalue weighted by Crippen LogP contribution is 2.26. The third kappa shape index (κ3) is 1.21. The standard InChI is InChI=1S/C9H8F2N2O/c1-14-7-4-2-3-6-8(7)12-5-13(6)9(10)11/h2-5,9H,1H3. The lowest BCUT2D eigenvalue weighted by Crippen LogP contribution is -1.95. The maximum absolute atomic E-state index is 12.4. The van der Waals surface area contributed by atoms with Crippen molar-refractivity contribution in [2.24, 2.45) is 0 Å². The van der Waals surface area contributed by atoms with Gasteiger partial charge in [-0.15, -0.1) is 0 Å². The quantitative estimate of drug-likeness (QED) is 0.741. The molecule has 2 aromatic rings. The van der Waals surface area contributed by atoms with E-state index in [-0.39, 0.29) is 0 Å². The third-order valence-corrected chi connectivity index (χ3v) is 2.00. The van der Waals surface area contributed by atoms with Crippen molar-refractivity contribution in [3.8, 4) is 5.75 Å². The SMILES string of the molecule is COc1cccc2c1ncn2C(F)F. The number of nitrogens with zero attached hydrogens (tertiary/aromatic N) is 2. The van der Waals surface area contributed by atoms with Crippen molar-refractivity contribution in [3.05, 3.63) is 24.5 Å². The van der Waals surface area contributed by atoms with E-state index in [1.54, 1.807) is 18.2 Å². The van der Waals surface area contributed by atoms with Crippen molar-refractivity contribution in [2.75, 3.05) is 7.11 Å². The van der Waals surface area contributed by atoms with Crippen LogP contribution < -0.4 is 4.74 Å². The molecule has 0 fully saturated rings. The van der Waals surface area contributed by atoms with E-state index >= 15 is 0 Å². The molecule has 0 amide bonds. The number of benzene rings is 1. The number of alkyl halides is 2. The van der Waals surface area contributed by atoms with Crippen LogP contribution in [-0.4, -0.2) is 16.7 Å². The summed E-state index contributed by atoms with van der Waals surface area (Å²) in [5, 5.41) is 0. The lowest BCUT2D eigenvalue weighted by Gasteiger charge is -2.02. The molecule has 1 aromatic carbocycles. The first-order chi connectivity index (χ1) is 6.74. The van der Waals surface area contributed by atoms with Crippen LogP contribution in [0.25, 0.3) is 11.0 Å². The van der Waals surface area contributed by atoms with E-state index in [1.165, 1.54) is 7.11 Å². The molecule has 0 aliphatic carbocycles. The normalized spacial score (nSPS) is 11.1. The number of imidazole rings is 1. The van der Waals surface area contributed by atoms with E-state index in [4.69, 9.17) is 4.74 Å². The van der Waals surface area contributed by atoms with Crippen LogP contribution in [0.3, 0.4) is 0 Å². The largest absolute Gasteiger partial charge is 0.494 e. The van der Waals surface area contributed by atoms with E-state index in [0.29, 0.717) is 16.8 Å². The minimum atomic E-state index is -2.58. The van der Waals surface area contributed by atoms with Crippen LogP contribution in [0.15, 0.2) is 24.5 Å². The first kappa shape index (κ1) is 8.93. The van der Waals surface area contributed by atoms with E-state index in [2.05, 4.69) is 4.98 Å². The number of hydrogen-bond donors (Lipinski definition) is 0. The van der Waals surface area contributed by atoms with Crippen molar-refractivity contribution in [1.29, 1.82) is 0 Å². The van der Waals surface area contributed by atoms with Gasteiger partial charge in [0.1, 0.15) is 17.6 Å². The highest BCUT2D eigenvalue weighted by molar-refractivity contribution is 5.81. The van der Waals surface area contributed by atoms with Gasteiger partial charge < -0.3 is 4.74 Å². The summed E-state index contributed by atoms with van der Waals surface area (Å²) >= 11 is 0. The Kier molecular flexibility index (Phi) is 2.07. The molecule has 0 aliphatic rings. The fourth-order valence-corrected chi connectivity index (χ4v) is 1.35. The van der Waals surface area contributed by atoms with Crippen LogP contribution in [0, 0.1) is 0 Å². The van der Waals surface area contributed by atoms with E-state index in [0.717, 1.165) is 10.9 Å². The fraction of sp³-hybridized carbons (Fsp3) is 0.222. The van der Waals surface area contributed by atoms with E-state index < -0.39 is 6.55 Å². The molecule has 2 rings (SSSR count). The van der Waals surface area contributed by atoms with E-state index in [1.807, 2.05) is 0 Å². The summed E-state index contributed by atoms with van der Waals surface area (Å²) in [4.78, 5) is 3.87. The molecule has 14 heavy (non-hydrogen) atoms. The number of hydrogen-bond acceptors (Lipinski definition) is 2. The molecule has 0 saturated heterocycles. The molecule has 1 aromatic heterocycles. The van der Waals surface area contributed by atoms with Gasteiger partial charge in [-0.05, 0) is 12.1 Å². The zero-order valence-corrected chi connectivity index (χ0v) is 7.45. The summed E-state index contributed by atoms with van der Waals surface area (Å²) < 4.78 is 30.7. The van der Waals surface area contributed by atoms with E-state index in [9.17, 15) is 8.78 Å². The van der Waals surface area contributed by atoms with Gasteiger partial charge in [0.05, 0.1) is 12.6 Å². The maximum Gasteiger partial charge on any atom is 0.320 e. The fourth-order valence-electron chi connectivity index (χ4n) is 1.35. The molecule has 0 radical (unpaired) electrons. The zero-order chi connectivity index (χ0) is 10.1. The number of rotatable bonds is 2. The first-order valence-electron chi connectivity index (χ1n) is 4.01. The Labute approximate surface area is 78.9 Å². The summed E-state index contributed by atoms with van der Waals surface area (Å²) in [6.07, 6.45) is 1.11. The molecule has 0 atom stereocenters. The predicted molar refractivity (Wildman–Crippen MR) is 47.5 cm³/mol. The zero-order valence-electron chi connectivity index (χ0n) is 7.45. The third-order valence-electron chi connectivity index (χ3n) is 2.00. The number of methoxy groups -OCH3 is 1. The summed E-state index contributed by atoms with van der Waals surface area (Å²) in [5.41, 5.74) is 0.828. The van der Waals surface area contributed by atoms with Crippen molar-refractivity contribution < 1.29 is 13.5 Å². The molecule has 0 saturated carbocycles. The Balaban J connectivity index is 2.69. The van der Waals surface area contributed by atoms with Crippen LogP contribution in [0.1, 0.15) is 6.55 Å².